The Kier molecular flexibility index (Phi) is 6.89. The number of rotatable bonds is 7. The van der Waals surface area contributed by atoms with Crippen LogP contribution in [0.2, 0.25) is 0 Å². The molecule has 0 aliphatic carbocycles. The largest absolute Gasteiger partial charge is 0.356 e. The number of nitrogens with one attached hydrogen (secondary N) is 1. The second kappa shape index (κ2) is 9.98. The molecule has 0 bridgehead atoms. The molecule has 1 aromatic heterocycles. The Labute approximate surface area is 177 Å². The Morgan fingerprint density at radius 3 is 2.50 bits per heavy atom. The van der Waals surface area contributed by atoms with Gasteiger partial charge in [0.1, 0.15) is 5.82 Å². The van der Waals surface area contributed by atoms with Crippen molar-refractivity contribution in [2.75, 3.05) is 44.2 Å². The van der Waals surface area contributed by atoms with Gasteiger partial charge in [-0.15, -0.1) is 0 Å². The Morgan fingerprint density at radius 1 is 1.03 bits per heavy atom. The Balaban J connectivity index is 1.27. The highest BCUT2D eigenvalue weighted by molar-refractivity contribution is 5.79. The molecule has 4 rings (SSSR count). The van der Waals surface area contributed by atoms with Crippen molar-refractivity contribution >= 4 is 11.9 Å². The summed E-state index contributed by atoms with van der Waals surface area (Å²) >= 11 is 0. The van der Waals surface area contributed by atoms with Crippen LogP contribution in [0.4, 0.5) is 10.3 Å². The number of carbonyl (C=O) groups excluding carboxylic acids is 1. The van der Waals surface area contributed by atoms with Gasteiger partial charge in [-0.1, -0.05) is 12.1 Å². The minimum absolute atomic E-state index is 0.0223. The fourth-order valence-corrected chi connectivity index (χ4v) is 4.31. The summed E-state index contributed by atoms with van der Waals surface area (Å²) in [6.45, 7) is 5.72. The van der Waals surface area contributed by atoms with E-state index in [0.717, 1.165) is 50.0 Å². The van der Waals surface area contributed by atoms with Gasteiger partial charge in [0.25, 0.3) is 0 Å². The van der Waals surface area contributed by atoms with Crippen molar-refractivity contribution in [3.05, 3.63) is 42.5 Å². The maximum Gasteiger partial charge on any atom is 0.225 e. The molecule has 30 heavy (non-hydrogen) atoms. The third-order valence-electron chi connectivity index (χ3n) is 6.04. The lowest BCUT2D eigenvalue weighted by molar-refractivity contribution is -0.125. The molecule has 0 saturated carbocycles. The minimum atomic E-state index is -0.259. The summed E-state index contributed by atoms with van der Waals surface area (Å²) in [5.41, 5.74) is 1.73. The van der Waals surface area contributed by atoms with Gasteiger partial charge in [-0.3, -0.25) is 4.79 Å². The fraction of sp³-hybridized carbons (Fsp3) is 0.522. The average Bonchev–Trinajstić information content (AvgIpc) is 3.31. The van der Waals surface area contributed by atoms with E-state index in [2.05, 4.69) is 25.1 Å². The Hall–Kier alpha value is -2.54. The van der Waals surface area contributed by atoms with Crippen molar-refractivity contribution in [1.29, 1.82) is 0 Å². The summed E-state index contributed by atoms with van der Waals surface area (Å²) in [7, 11) is 0. The molecule has 1 atom stereocenters. The normalized spacial score (nSPS) is 19.8. The van der Waals surface area contributed by atoms with E-state index in [1.807, 2.05) is 0 Å². The van der Waals surface area contributed by atoms with Crippen LogP contribution in [0.15, 0.2) is 36.7 Å². The van der Waals surface area contributed by atoms with Crippen LogP contribution in [-0.4, -0.2) is 60.0 Å². The first-order chi connectivity index (χ1) is 14.7. The fourth-order valence-electron chi connectivity index (χ4n) is 4.31. The van der Waals surface area contributed by atoms with E-state index < -0.39 is 0 Å². The van der Waals surface area contributed by atoms with Crippen LogP contribution in [0.3, 0.4) is 0 Å². The van der Waals surface area contributed by atoms with Crippen molar-refractivity contribution in [2.24, 2.45) is 5.92 Å². The van der Waals surface area contributed by atoms with Gasteiger partial charge in [-0.25, -0.2) is 14.4 Å². The molecule has 1 aromatic carbocycles. The highest BCUT2D eigenvalue weighted by Gasteiger charge is 2.27. The zero-order chi connectivity index (χ0) is 20.8. The summed E-state index contributed by atoms with van der Waals surface area (Å²) in [6.07, 6.45) is 9.00. The molecule has 0 unspecified atom stereocenters. The zero-order valence-corrected chi connectivity index (χ0v) is 17.4. The molecule has 0 spiro atoms. The zero-order valence-electron chi connectivity index (χ0n) is 17.4. The van der Waals surface area contributed by atoms with E-state index in [9.17, 15) is 9.18 Å². The first kappa shape index (κ1) is 20.7. The molecule has 3 heterocycles. The molecule has 1 amide bonds. The van der Waals surface area contributed by atoms with Gasteiger partial charge < -0.3 is 15.1 Å². The number of likely N-dealkylation sites (tertiary alicyclic amines) is 1. The topological polar surface area (TPSA) is 61.4 Å². The van der Waals surface area contributed by atoms with Crippen LogP contribution >= 0.6 is 0 Å². The van der Waals surface area contributed by atoms with Gasteiger partial charge in [0.2, 0.25) is 11.9 Å². The van der Waals surface area contributed by atoms with E-state index in [-0.39, 0.29) is 17.6 Å². The van der Waals surface area contributed by atoms with Crippen molar-refractivity contribution < 1.29 is 9.18 Å². The monoisotopic (exact) mass is 411 g/mol. The summed E-state index contributed by atoms with van der Waals surface area (Å²) in [6, 6.07) is 6.31. The van der Waals surface area contributed by atoms with Crippen LogP contribution in [-0.2, 0) is 4.79 Å². The van der Waals surface area contributed by atoms with E-state index in [1.54, 1.807) is 24.5 Å². The number of nitrogens with zero attached hydrogens (tertiary/aromatic N) is 4. The predicted octanol–water partition coefficient (Wildman–Crippen LogP) is 3.10. The molecule has 2 aliphatic rings. The Bertz CT molecular complexity index is 820. The molecule has 2 fully saturated rings. The van der Waals surface area contributed by atoms with Gasteiger partial charge in [0, 0.05) is 37.6 Å². The predicted molar refractivity (Wildman–Crippen MR) is 116 cm³/mol. The standard InChI is InChI=1S/C23H30FN5O/c24-21-8-6-18(7-9-21)20-15-26-23(27-16-20)29-14-3-5-19(17-29)22(30)25-10-4-13-28-11-1-2-12-28/h6-9,15-16,19H,1-5,10-14,17H2,(H,25,30)/t19-/m0/s1. The van der Waals surface area contributed by atoms with Crippen LogP contribution in [0.1, 0.15) is 32.1 Å². The summed E-state index contributed by atoms with van der Waals surface area (Å²) in [5, 5.41) is 3.12. The smallest absolute Gasteiger partial charge is 0.225 e. The van der Waals surface area contributed by atoms with Crippen LogP contribution in [0, 0.1) is 11.7 Å². The number of anilines is 1. The molecule has 1 N–H and O–H groups in total. The van der Waals surface area contributed by atoms with Crippen molar-refractivity contribution in [3.63, 3.8) is 0 Å². The number of piperidine rings is 1. The Morgan fingerprint density at radius 2 is 1.77 bits per heavy atom. The van der Waals surface area contributed by atoms with Gasteiger partial charge >= 0.3 is 0 Å². The van der Waals surface area contributed by atoms with E-state index in [4.69, 9.17) is 0 Å². The first-order valence-electron chi connectivity index (χ1n) is 11.0. The third-order valence-corrected chi connectivity index (χ3v) is 6.04. The van der Waals surface area contributed by atoms with Crippen molar-refractivity contribution in [3.8, 4) is 11.1 Å². The number of hydrogen-bond acceptors (Lipinski definition) is 5. The average molecular weight is 412 g/mol. The first-order valence-corrected chi connectivity index (χ1v) is 11.0. The minimum Gasteiger partial charge on any atom is -0.356 e. The lowest BCUT2D eigenvalue weighted by Gasteiger charge is -2.32. The SMILES string of the molecule is O=C(NCCCN1CCCC1)[C@H]1CCCN(c2ncc(-c3ccc(F)cc3)cn2)C1. The summed E-state index contributed by atoms with van der Waals surface area (Å²) in [5.74, 6) is 0.507. The quantitative estimate of drug-likeness (QED) is 0.710. The molecule has 160 valence electrons. The second-order valence-electron chi connectivity index (χ2n) is 8.26. The molecular weight excluding hydrogens is 381 g/mol. The molecule has 2 aromatic rings. The molecule has 6 nitrogen and oxygen atoms in total. The molecular formula is C23H30FN5O. The van der Waals surface area contributed by atoms with Crippen molar-refractivity contribution in [1.82, 2.24) is 20.2 Å². The third kappa shape index (κ3) is 5.33. The number of benzene rings is 1. The van der Waals surface area contributed by atoms with E-state index in [1.165, 1.54) is 38.1 Å². The highest BCUT2D eigenvalue weighted by atomic mass is 19.1. The maximum absolute atomic E-state index is 13.1. The summed E-state index contributed by atoms with van der Waals surface area (Å²) < 4.78 is 13.1. The molecule has 0 radical (unpaired) electrons. The number of carbonyl (C=O) groups is 1. The molecule has 7 heteroatoms. The lowest BCUT2D eigenvalue weighted by atomic mass is 9.97. The number of aromatic nitrogens is 2. The van der Waals surface area contributed by atoms with Gasteiger partial charge in [-0.2, -0.15) is 0 Å². The number of hydrogen-bond donors (Lipinski definition) is 1. The summed E-state index contributed by atoms with van der Waals surface area (Å²) in [4.78, 5) is 26.2. The molecule has 2 aliphatic heterocycles. The van der Waals surface area contributed by atoms with Crippen molar-refractivity contribution in [2.45, 2.75) is 32.1 Å². The number of amides is 1. The van der Waals surface area contributed by atoms with Gasteiger partial charge in [0.15, 0.2) is 0 Å². The van der Waals surface area contributed by atoms with Gasteiger partial charge in [-0.05, 0) is 69.4 Å². The number of halogens is 1. The van der Waals surface area contributed by atoms with Crippen LogP contribution in [0.25, 0.3) is 11.1 Å². The van der Waals surface area contributed by atoms with Crippen LogP contribution < -0.4 is 10.2 Å². The van der Waals surface area contributed by atoms with Gasteiger partial charge in [0.05, 0.1) is 5.92 Å². The van der Waals surface area contributed by atoms with Crippen LogP contribution in [0.5, 0.6) is 0 Å². The maximum atomic E-state index is 13.1. The lowest BCUT2D eigenvalue weighted by Crippen LogP contribution is -2.44. The molecule has 2 saturated heterocycles. The highest BCUT2D eigenvalue weighted by Crippen LogP contribution is 2.23. The van der Waals surface area contributed by atoms with E-state index >= 15 is 0 Å². The second-order valence-corrected chi connectivity index (χ2v) is 8.26. The van der Waals surface area contributed by atoms with E-state index in [0.29, 0.717) is 12.5 Å².